The van der Waals surface area contributed by atoms with E-state index in [1.807, 2.05) is 42.5 Å². The van der Waals surface area contributed by atoms with E-state index in [0.29, 0.717) is 12.1 Å². The van der Waals surface area contributed by atoms with E-state index in [0.717, 1.165) is 25.9 Å². The molecule has 3 nitrogen and oxygen atoms in total. The van der Waals surface area contributed by atoms with Gasteiger partial charge in [-0.25, -0.2) is 4.98 Å². The van der Waals surface area contributed by atoms with E-state index in [9.17, 15) is 4.79 Å². The number of rotatable bonds is 5. The molecule has 0 atom stereocenters. The van der Waals surface area contributed by atoms with Gasteiger partial charge in [0.05, 0.1) is 15.7 Å². The van der Waals surface area contributed by atoms with E-state index in [-0.39, 0.29) is 5.91 Å². The average molecular weight is 349 g/mol. The number of hydrogen-bond donors (Lipinski definition) is 1. The lowest BCUT2D eigenvalue weighted by molar-refractivity contribution is 0.0956. The minimum atomic E-state index is -0.0491. The smallest absolute Gasteiger partial charge is 0.251 e. The van der Waals surface area contributed by atoms with Gasteiger partial charge in [-0.2, -0.15) is 0 Å². The first-order valence-electron chi connectivity index (χ1n) is 6.72. The number of benzene rings is 2. The average Bonchev–Trinajstić information content (AvgIpc) is 3.00. The summed E-state index contributed by atoms with van der Waals surface area (Å²) in [6.07, 6.45) is 0. The van der Waals surface area contributed by atoms with Crippen LogP contribution in [0.1, 0.15) is 10.4 Å². The summed E-state index contributed by atoms with van der Waals surface area (Å²) in [4.78, 5) is 17.5. The predicted octanol–water partition coefficient (Wildman–Crippen LogP) is 4.47. The van der Waals surface area contributed by atoms with Crippen LogP contribution in [0.3, 0.4) is 0 Å². The van der Waals surface area contributed by atoms with E-state index in [2.05, 4.69) is 10.3 Å². The van der Waals surface area contributed by atoms with Crippen LogP contribution >= 0.6 is 34.7 Å². The summed E-state index contributed by atoms with van der Waals surface area (Å²) in [6, 6.07) is 13.3. The first-order valence-corrected chi connectivity index (χ1v) is 8.96. The van der Waals surface area contributed by atoms with Crippen molar-refractivity contribution < 1.29 is 4.79 Å². The Morgan fingerprint density at radius 3 is 2.86 bits per heavy atom. The molecule has 1 heterocycles. The number of amides is 1. The fourth-order valence-electron chi connectivity index (χ4n) is 1.96. The summed E-state index contributed by atoms with van der Waals surface area (Å²) in [5.74, 6) is 0.767. The van der Waals surface area contributed by atoms with Crippen molar-refractivity contribution in [3.63, 3.8) is 0 Å². The zero-order chi connectivity index (χ0) is 15.4. The van der Waals surface area contributed by atoms with E-state index in [1.165, 1.54) is 11.3 Å². The van der Waals surface area contributed by atoms with Crippen LogP contribution in [0.25, 0.3) is 10.2 Å². The van der Waals surface area contributed by atoms with Crippen LogP contribution in [0.15, 0.2) is 52.9 Å². The highest BCUT2D eigenvalue weighted by molar-refractivity contribution is 7.99. The Labute approximate surface area is 141 Å². The molecule has 22 heavy (non-hydrogen) atoms. The minimum absolute atomic E-state index is 0.0491. The van der Waals surface area contributed by atoms with Gasteiger partial charge in [0.15, 0.2) is 0 Å². The second-order valence-corrected chi connectivity index (χ2v) is 7.08. The van der Waals surface area contributed by atoms with Gasteiger partial charge in [-0.05, 0) is 42.5 Å². The molecule has 0 spiro atoms. The Morgan fingerprint density at radius 1 is 1.23 bits per heavy atom. The number of hydrogen-bond acceptors (Lipinski definition) is 4. The summed E-state index contributed by atoms with van der Waals surface area (Å²) in [6.45, 7) is 0.618. The number of nitrogens with one attached hydrogen (secondary N) is 1. The Morgan fingerprint density at radius 2 is 2.05 bits per heavy atom. The fourth-order valence-corrected chi connectivity index (χ4v) is 3.57. The third kappa shape index (κ3) is 3.80. The molecule has 0 aliphatic rings. The molecule has 1 N–H and O–H groups in total. The quantitative estimate of drug-likeness (QED) is 0.546. The van der Waals surface area contributed by atoms with Gasteiger partial charge >= 0.3 is 0 Å². The highest BCUT2D eigenvalue weighted by Crippen LogP contribution is 2.20. The molecule has 0 bridgehead atoms. The lowest BCUT2D eigenvalue weighted by atomic mass is 10.2. The van der Waals surface area contributed by atoms with Crippen molar-refractivity contribution in [3.05, 3.63) is 58.6 Å². The molecule has 1 aromatic heterocycles. The molecule has 1 amide bonds. The van der Waals surface area contributed by atoms with Crippen molar-refractivity contribution in [1.82, 2.24) is 10.3 Å². The largest absolute Gasteiger partial charge is 0.351 e. The van der Waals surface area contributed by atoms with Crippen molar-refractivity contribution in [2.45, 2.75) is 4.90 Å². The Kier molecular flexibility index (Phi) is 4.97. The number of halogens is 1. The number of carbonyl (C=O) groups is 1. The lowest BCUT2D eigenvalue weighted by Crippen LogP contribution is -2.25. The molecule has 0 saturated carbocycles. The summed E-state index contributed by atoms with van der Waals surface area (Å²) in [7, 11) is 0. The van der Waals surface area contributed by atoms with E-state index >= 15 is 0 Å². The van der Waals surface area contributed by atoms with Gasteiger partial charge in [0.2, 0.25) is 0 Å². The molecule has 6 heteroatoms. The molecule has 0 fully saturated rings. The molecule has 3 aromatic rings. The number of fused-ring (bicyclic) bond motifs is 1. The third-order valence-electron chi connectivity index (χ3n) is 3.06. The zero-order valence-corrected chi connectivity index (χ0v) is 14.0. The molecular weight excluding hydrogens is 336 g/mol. The van der Waals surface area contributed by atoms with Gasteiger partial charge < -0.3 is 5.32 Å². The lowest BCUT2D eigenvalue weighted by Gasteiger charge is -2.05. The topological polar surface area (TPSA) is 42.0 Å². The van der Waals surface area contributed by atoms with Crippen molar-refractivity contribution in [2.24, 2.45) is 0 Å². The molecule has 0 aliphatic carbocycles. The van der Waals surface area contributed by atoms with E-state index < -0.39 is 0 Å². The Hall–Kier alpha value is -1.56. The summed E-state index contributed by atoms with van der Waals surface area (Å²) >= 11 is 9.07. The van der Waals surface area contributed by atoms with Gasteiger partial charge in [-0.15, -0.1) is 23.1 Å². The summed E-state index contributed by atoms with van der Waals surface area (Å²) in [5.41, 5.74) is 3.39. The molecular formula is C16H13ClN2OS2. The van der Waals surface area contributed by atoms with Crippen LogP contribution in [0.4, 0.5) is 0 Å². The van der Waals surface area contributed by atoms with Crippen LogP contribution < -0.4 is 5.32 Å². The standard InChI is InChI=1S/C16H13ClN2OS2/c17-12-2-4-13(5-3-12)21-8-7-18-16(20)11-1-6-14-15(9-11)22-10-19-14/h1-6,9-10H,7-8H2,(H,18,20). The highest BCUT2D eigenvalue weighted by atomic mass is 35.5. The van der Waals surface area contributed by atoms with Gasteiger partial charge in [-0.1, -0.05) is 11.6 Å². The maximum atomic E-state index is 12.1. The second kappa shape index (κ2) is 7.13. The van der Waals surface area contributed by atoms with Crippen LogP contribution in [0.5, 0.6) is 0 Å². The van der Waals surface area contributed by atoms with E-state index in [1.54, 1.807) is 17.3 Å². The third-order valence-corrected chi connectivity index (χ3v) is 5.12. The number of thiazole rings is 1. The molecule has 2 aromatic carbocycles. The van der Waals surface area contributed by atoms with Gasteiger partial charge in [0, 0.05) is 27.8 Å². The zero-order valence-electron chi connectivity index (χ0n) is 11.6. The summed E-state index contributed by atoms with van der Waals surface area (Å²) < 4.78 is 1.03. The van der Waals surface area contributed by atoms with Crippen LogP contribution in [0, 0.1) is 0 Å². The molecule has 0 unspecified atom stereocenters. The minimum Gasteiger partial charge on any atom is -0.351 e. The van der Waals surface area contributed by atoms with E-state index in [4.69, 9.17) is 11.6 Å². The van der Waals surface area contributed by atoms with Crippen molar-refractivity contribution in [3.8, 4) is 0 Å². The maximum Gasteiger partial charge on any atom is 0.251 e. The number of aromatic nitrogens is 1. The molecule has 112 valence electrons. The van der Waals surface area contributed by atoms with Gasteiger partial charge in [-0.3, -0.25) is 4.79 Å². The predicted molar refractivity (Wildman–Crippen MR) is 94.1 cm³/mol. The van der Waals surface area contributed by atoms with Crippen molar-refractivity contribution >= 4 is 50.8 Å². The van der Waals surface area contributed by atoms with Gasteiger partial charge in [0.1, 0.15) is 0 Å². The number of carbonyl (C=O) groups excluding carboxylic acids is 1. The number of thioether (sulfide) groups is 1. The second-order valence-electron chi connectivity index (χ2n) is 4.59. The van der Waals surface area contributed by atoms with Crippen LogP contribution in [0.2, 0.25) is 5.02 Å². The molecule has 0 radical (unpaired) electrons. The fraction of sp³-hybridized carbons (Fsp3) is 0.125. The Bertz CT molecular complexity index is 786. The summed E-state index contributed by atoms with van der Waals surface area (Å²) in [5, 5.41) is 3.67. The number of nitrogens with zero attached hydrogens (tertiary/aromatic N) is 1. The van der Waals surface area contributed by atoms with Crippen molar-refractivity contribution in [1.29, 1.82) is 0 Å². The van der Waals surface area contributed by atoms with Crippen molar-refractivity contribution in [2.75, 3.05) is 12.3 Å². The monoisotopic (exact) mass is 348 g/mol. The molecule has 0 saturated heterocycles. The highest BCUT2D eigenvalue weighted by Gasteiger charge is 2.07. The maximum absolute atomic E-state index is 12.1. The van der Waals surface area contributed by atoms with Crippen LogP contribution in [-0.4, -0.2) is 23.2 Å². The molecule has 3 rings (SSSR count). The van der Waals surface area contributed by atoms with Gasteiger partial charge in [0.25, 0.3) is 5.91 Å². The first kappa shape index (κ1) is 15.3. The molecule has 0 aliphatic heterocycles. The first-order chi connectivity index (χ1) is 10.7. The SMILES string of the molecule is O=C(NCCSc1ccc(Cl)cc1)c1ccc2ncsc2c1. The Balaban J connectivity index is 1.50. The normalized spacial score (nSPS) is 10.8. The van der Waals surface area contributed by atoms with Crippen LogP contribution in [-0.2, 0) is 0 Å².